The number of aryl methyl sites for hydroxylation is 1. The van der Waals surface area contributed by atoms with E-state index in [-0.39, 0.29) is 11.4 Å². The molecule has 0 saturated heterocycles. The van der Waals surface area contributed by atoms with Crippen molar-refractivity contribution in [3.8, 4) is 0 Å². The van der Waals surface area contributed by atoms with Crippen LogP contribution in [0.2, 0.25) is 0 Å². The maximum absolute atomic E-state index is 12.1. The molecule has 0 radical (unpaired) electrons. The molecule has 2 aromatic carbocycles. The van der Waals surface area contributed by atoms with Crippen molar-refractivity contribution in [2.75, 3.05) is 11.9 Å². The number of ether oxygens (including phenoxy) is 1. The largest absolute Gasteiger partial charge is 0.454 e. The lowest BCUT2D eigenvalue weighted by Gasteiger charge is -2.09. The summed E-state index contributed by atoms with van der Waals surface area (Å²) in [6.07, 6.45) is 0. The summed E-state index contributed by atoms with van der Waals surface area (Å²) in [7, 11) is -3.80. The number of carbonyl (C=O) groups is 2. The Balaban J connectivity index is 1.55. The van der Waals surface area contributed by atoms with Crippen LogP contribution >= 0.6 is 0 Å². The fourth-order valence-corrected chi connectivity index (χ4v) is 3.16. The lowest BCUT2D eigenvalue weighted by Crippen LogP contribution is -2.23. The molecule has 3 aromatic rings. The fourth-order valence-electron chi connectivity index (χ4n) is 2.64. The molecule has 3 N–H and O–H groups in total. The van der Waals surface area contributed by atoms with Crippen molar-refractivity contribution >= 4 is 38.6 Å². The highest BCUT2D eigenvalue weighted by Crippen LogP contribution is 2.15. The summed E-state index contributed by atoms with van der Waals surface area (Å²) in [5.74, 6) is -0.465. The predicted molar refractivity (Wildman–Crippen MR) is 102 cm³/mol. The zero-order valence-corrected chi connectivity index (χ0v) is 15.8. The average molecular weight is 402 g/mol. The Morgan fingerprint density at radius 1 is 1.14 bits per heavy atom. The number of hydrogen-bond donors (Lipinski definition) is 2. The Morgan fingerprint density at radius 3 is 2.50 bits per heavy atom. The second-order valence-electron chi connectivity index (χ2n) is 6.01. The fraction of sp³-hybridized carbons (Fsp3) is 0.167. The molecular formula is C18H18N4O5S. The first-order valence-electron chi connectivity index (χ1n) is 8.24. The molecule has 0 aliphatic rings. The highest BCUT2D eigenvalue weighted by Gasteiger charge is 2.13. The van der Waals surface area contributed by atoms with Crippen LogP contribution < -0.4 is 10.5 Å². The number of nitrogens with one attached hydrogen (secondary N) is 1. The van der Waals surface area contributed by atoms with Crippen LogP contribution in [0.5, 0.6) is 0 Å². The minimum absolute atomic E-state index is 0.0668. The van der Waals surface area contributed by atoms with Crippen LogP contribution in [-0.2, 0) is 30.9 Å². The Morgan fingerprint density at radius 2 is 1.82 bits per heavy atom. The van der Waals surface area contributed by atoms with Gasteiger partial charge in [-0.3, -0.25) is 9.59 Å². The van der Waals surface area contributed by atoms with Gasteiger partial charge in [0, 0.05) is 5.69 Å². The Bertz CT molecular complexity index is 1140. The summed E-state index contributed by atoms with van der Waals surface area (Å²) < 4.78 is 29.1. The van der Waals surface area contributed by atoms with Crippen molar-refractivity contribution < 1.29 is 22.7 Å². The van der Waals surface area contributed by atoms with E-state index >= 15 is 0 Å². The van der Waals surface area contributed by atoms with Gasteiger partial charge >= 0.3 is 5.97 Å². The molecular weight excluding hydrogens is 384 g/mol. The maximum Gasteiger partial charge on any atom is 0.326 e. The normalized spacial score (nSPS) is 11.4. The number of carbonyl (C=O) groups excluding carboxylic acids is 2. The molecule has 0 bridgehead atoms. The van der Waals surface area contributed by atoms with Gasteiger partial charge in [0.25, 0.3) is 5.91 Å². The van der Waals surface area contributed by atoms with Gasteiger partial charge in [-0.05, 0) is 43.3 Å². The van der Waals surface area contributed by atoms with Crippen LogP contribution in [-0.4, -0.2) is 36.5 Å². The number of rotatable bonds is 6. The third-order valence-corrected chi connectivity index (χ3v) is 4.89. The van der Waals surface area contributed by atoms with Gasteiger partial charge in [0.05, 0.1) is 15.9 Å². The van der Waals surface area contributed by atoms with E-state index in [9.17, 15) is 18.0 Å². The highest BCUT2D eigenvalue weighted by atomic mass is 32.2. The summed E-state index contributed by atoms with van der Waals surface area (Å²) in [5.41, 5.74) is 1.93. The van der Waals surface area contributed by atoms with Gasteiger partial charge in [-0.15, -0.1) is 0 Å². The van der Waals surface area contributed by atoms with E-state index in [1.165, 1.54) is 24.3 Å². The smallest absolute Gasteiger partial charge is 0.326 e. The van der Waals surface area contributed by atoms with Crippen LogP contribution in [0.25, 0.3) is 11.0 Å². The molecule has 0 atom stereocenters. The Kier molecular flexibility index (Phi) is 5.43. The van der Waals surface area contributed by atoms with Crippen molar-refractivity contribution in [2.45, 2.75) is 18.4 Å². The van der Waals surface area contributed by atoms with Gasteiger partial charge in [-0.1, -0.05) is 12.1 Å². The standard InChI is InChI=1S/C18H18N4O5S/c1-12-20-15-4-2-3-5-16(15)22(12)10-18(24)27-11-17(23)21-13-6-8-14(9-7-13)28(19,25)26/h2-9H,10-11H2,1H3,(H,21,23)(H2,19,25,26). The molecule has 3 rings (SSSR count). The van der Waals surface area contributed by atoms with E-state index in [0.717, 1.165) is 11.0 Å². The van der Waals surface area contributed by atoms with E-state index in [4.69, 9.17) is 9.88 Å². The number of imidazole rings is 1. The van der Waals surface area contributed by atoms with Gasteiger partial charge in [-0.2, -0.15) is 0 Å². The van der Waals surface area contributed by atoms with E-state index in [2.05, 4.69) is 10.3 Å². The van der Waals surface area contributed by atoms with Crippen LogP contribution in [0.4, 0.5) is 5.69 Å². The summed E-state index contributed by atoms with van der Waals surface area (Å²) in [5, 5.41) is 7.52. The molecule has 9 nitrogen and oxygen atoms in total. The topological polar surface area (TPSA) is 133 Å². The van der Waals surface area contributed by atoms with Gasteiger partial charge in [-0.25, -0.2) is 18.5 Å². The quantitative estimate of drug-likeness (QED) is 0.595. The molecule has 146 valence electrons. The second-order valence-corrected chi connectivity index (χ2v) is 7.57. The van der Waals surface area contributed by atoms with Gasteiger partial charge in [0.2, 0.25) is 10.0 Å². The number of primary sulfonamides is 1. The van der Waals surface area contributed by atoms with Crippen LogP contribution in [0.3, 0.4) is 0 Å². The van der Waals surface area contributed by atoms with Crippen molar-refractivity contribution in [2.24, 2.45) is 5.14 Å². The van der Waals surface area contributed by atoms with Gasteiger partial charge < -0.3 is 14.6 Å². The number of nitrogens with zero attached hydrogens (tertiary/aromatic N) is 2. The Labute approximate surface area is 161 Å². The lowest BCUT2D eigenvalue weighted by molar-refractivity contribution is -0.147. The molecule has 0 unspecified atom stereocenters. The van der Waals surface area contributed by atoms with Crippen molar-refractivity contribution in [1.29, 1.82) is 0 Å². The first-order chi connectivity index (χ1) is 13.2. The summed E-state index contributed by atoms with van der Waals surface area (Å²) in [6.45, 7) is 1.25. The molecule has 0 spiro atoms. The summed E-state index contributed by atoms with van der Waals surface area (Å²) >= 11 is 0. The molecule has 1 heterocycles. The van der Waals surface area contributed by atoms with E-state index in [1.807, 2.05) is 24.3 Å². The number of para-hydroxylation sites is 2. The number of amides is 1. The molecule has 1 aromatic heterocycles. The number of benzene rings is 2. The number of aromatic nitrogens is 2. The third kappa shape index (κ3) is 4.53. The van der Waals surface area contributed by atoms with Crippen molar-refractivity contribution in [3.05, 3.63) is 54.4 Å². The number of sulfonamides is 1. The molecule has 0 saturated carbocycles. The molecule has 28 heavy (non-hydrogen) atoms. The Hall–Kier alpha value is -3.24. The third-order valence-electron chi connectivity index (χ3n) is 3.96. The minimum Gasteiger partial charge on any atom is -0.454 e. The first kappa shape index (κ1) is 19.5. The van der Waals surface area contributed by atoms with Crippen LogP contribution in [0.15, 0.2) is 53.4 Å². The monoisotopic (exact) mass is 402 g/mol. The number of hydrogen-bond acceptors (Lipinski definition) is 6. The average Bonchev–Trinajstić information content (AvgIpc) is 2.95. The molecule has 10 heteroatoms. The maximum atomic E-state index is 12.1. The molecule has 0 aliphatic carbocycles. The highest BCUT2D eigenvalue weighted by molar-refractivity contribution is 7.89. The lowest BCUT2D eigenvalue weighted by atomic mass is 10.3. The minimum atomic E-state index is -3.80. The van der Waals surface area contributed by atoms with Crippen molar-refractivity contribution in [1.82, 2.24) is 9.55 Å². The van der Waals surface area contributed by atoms with Crippen LogP contribution in [0, 0.1) is 6.92 Å². The SMILES string of the molecule is Cc1nc2ccccc2n1CC(=O)OCC(=O)Nc1ccc(S(N)(=O)=O)cc1. The molecule has 1 amide bonds. The summed E-state index contributed by atoms with van der Waals surface area (Å²) in [4.78, 5) is 28.3. The molecule has 0 aliphatic heterocycles. The van der Waals surface area contributed by atoms with Gasteiger partial charge in [0.15, 0.2) is 6.61 Å². The predicted octanol–water partition coefficient (Wildman–Crippen LogP) is 1.17. The van der Waals surface area contributed by atoms with Crippen LogP contribution in [0.1, 0.15) is 5.82 Å². The summed E-state index contributed by atoms with van der Waals surface area (Å²) in [6, 6.07) is 12.7. The zero-order valence-electron chi connectivity index (χ0n) is 15.0. The molecule has 0 fully saturated rings. The van der Waals surface area contributed by atoms with Crippen molar-refractivity contribution in [3.63, 3.8) is 0 Å². The van der Waals surface area contributed by atoms with Gasteiger partial charge in [0.1, 0.15) is 12.4 Å². The second kappa shape index (κ2) is 7.79. The first-order valence-corrected chi connectivity index (χ1v) is 9.79. The van der Waals surface area contributed by atoms with E-state index < -0.39 is 28.5 Å². The number of esters is 1. The number of fused-ring (bicyclic) bond motifs is 1. The van der Waals surface area contributed by atoms with E-state index in [0.29, 0.717) is 11.5 Å². The zero-order chi connectivity index (χ0) is 20.3. The number of nitrogens with two attached hydrogens (primary N) is 1. The number of anilines is 1. The van der Waals surface area contributed by atoms with E-state index in [1.54, 1.807) is 11.5 Å².